The van der Waals surface area contributed by atoms with Gasteiger partial charge in [-0.2, -0.15) is 0 Å². The normalized spacial score (nSPS) is 10.8. The molecular weight excluding hydrogens is 162 g/mol. The molecule has 0 saturated carbocycles. The lowest BCUT2D eigenvalue weighted by Crippen LogP contribution is -2.31. The standard InChI is InChI=1S/C11H14NO/c1-2-3-8-12-11-7-5-4-6-10(11)9-13-12/h4-7,9H,2-3,8H2,1H3/q+1. The molecule has 0 amide bonds. The average Bonchev–Trinajstić information content (AvgIpc) is 2.58. The van der Waals surface area contributed by atoms with Gasteiger partial charge in [0.05, 0.1) is 5.39 Å². The molecule has 1 heterocycles. The first kappa shape index (κ1) is 8.30. The van der Waals surface area contributed by atoms with Gasteiger partial charge in [-0.25, -0.2) is 4.52 Å². The summed E-state index contributed by atoms with van der Waals surface area (Å²) in [4.78, 5) is 0. The molecule has 2 aromatic rings. The second-order valence-electron chi connectivity index (χ2n) is 3.24. The van der Waals surface area contributed by atoms with Gasteiger partial charge < -0.3 is 0 Å². The van der Waals surface area contributed by atoms with E-state index in [-0.39, 0.29) is 0 Å². The van der Waals surface area contributed by atoms with Crippen LogP contribution in [0.3, 0.4) is 0 Å². The summed E-state index contributed by atoms with van der Waals surface area (Å²) in [6, 6.07) is 8.23. The average molecular weight is 176 g/mol. The monoisotopic (exact) mass is 176 g/mol. The van der Waals surface area contributed by atoms with Crippen LogP contribution in [0.1, 0.15) is 19.8 Å². The van der Waals surface area contributed by atoms with Crippen molar-refractivity contribution in [2.75, 3.05) is 0 Å². The third-order valence-electron chi connectivity index (χ3n) is 2.23. The van der Waals surface area contributed by atoms with Gasteiger partial charge in [0.15, 0.2) is 12.8 Å². The summed E-state index contributed by atoms with van der Waals surface area (Å²) < 4.78 is 7.39. The van der Waals surface area contributed by atoms with Crippen molar-refractivity contribution in [3.05, 3.63) is 30.5 Å². The van der Waals surface area contributed by atoms with Crippen molar-refractivity contribution < 1.29 is 9.26 Å². The molecule has 0 unspecified atom stereocenters. The van der Waals surface area contributed by atoms with Crippen LogP contribution in [0, 0.1) is 0 Å². The molecule has 0 aliphatic heterocycles. The Morgan fingerprint density at radius 2 is 2.15 bits per heavy atom. The topological polar surface area (TPSA) is 17.0 Å². The Hall–Kier alpha value is -1.31. The van der Waals surface area contributed by atoms with Crippen molar-refractivity contribution >= 4 is 10.9 Å². The molecule has 2 nitrogen and oxygen atoms in total. The zero-order chi connectivity index (χ0) is 9.10. The minimum absolute atomic E-state index is 0.976. The lowest BCUT2D eigenvalue weighted by Gasteiger charge is -1.87. The minimum Gasteiger partial charge on any atom is -0.243 e. The first-order valence-electron chi connectivity index (χ1n) is 4.78. The molecule has 1 aromatic heterocycles. The van der Waals surface area contributed by atoms with E-state index in [4.69, 9.17) is 4.52 Å². The fraction of sp³-hybridized carbons (Fsp3) is 0.364. The van der Waals surface area contributed by atoms with Gasteiger partial charge in [0.1, 0.15) is 0 Å². The zero-order valence-corrected chi connectivity index (χ0v) is 7.86. The number of fused-ring (bicyclic) bond motifs is 1. The number of nitrogens with zero attached hydrogens (tertiary/aromatic N) is 1. The van der Waals surface area contributed by atoms with Crippen molar-refractivity contribution in [3.63, 3.8) is 0 Å². The maximum atomic E-state index is 5.43. The molecule has 2 heteroatoms. The van der Waals surface area contributed by atoms with E-state index in [1.54, 1.807) is 0 Å². The van der Waals surface area contributed by atoms with Crippen LogP contribution in [0.5, 0.6) is 0 Å². The van der Waals surface area contributed by atoms with Crippen molar-refractivity contribution in [1.82, 2.24) is 0 Å². The zero-order valence-electron chi connectivity index (χ0n) is 7.86. The molecule has 0 aliphatic rings. The molecule has 0 fully saturated rings. The van der Waals surface area contributed by atoms with Crippen LogP contribution in [0.2, 0.25) is 0 Å². The van der Waals surface area contributed by atoms with E-state index in [2.05, 4.69) is 19.1 Å². The summed E-state index contributed by atoms with van der Waals surface area (Å²) in [7, 11) is 0. The van der Waals surface area contributed by atoms with Crippen molar-refractivity contribution in [3.8, 4) is 0 Å². The van der Waals surface area contributed by atoms with Gasteiger partial charge in [0.25, 0.3) is 5.52 Å². The molecule has 0 saturated heterocycles. The van der Waals surface area contributed by atoms with Crippen LogP contribution in [0.4, 0.5) is 0 Å². The second-order valence-corrected chi connectivity index (χ2v) is 3.24. The van der Waals surface area contributed by atoms with Crippen LogP contribution >= 0.6 is 0 Å². The maximum absolute atomic E-state index is 5.43. The molecule has 1 aromatic carbocycles. The molecule has 0 atom stereocenters. The molecule has 0 spiro atoms. The Bertz CT molecular complexity index is 392. The first-order chi connectivity index (χ1) is 6.42. The van der Waals surface area contributed by atoms with E-state index < -0.39 is 0 Å². The third-order valence-corrected chi connectivity index (χ3v) is 2.23. The van der Waals surface area contributed by atoms with Crippen molar-refractivity contribution in [2.24, 2.45) is 0 Å². The fourth-order valence-corrected chi connectivity index (χ4v) is 1.47. The smallest absolute Gasteiger partial charge is 0.243 e. The quantitative estimate of drug-likeness (QED) is 0.657. The number of aromatic nitrogens is 1. The van der Waals surface area contributed by atoms with Gasteiger partial charge in [-0.05, 0) is 17.2 Å². The van der Waals surface area contributed by atoms with E-state index in [0.717, 1.165) is 6.54 Å². The van der Waals surface area contributed by atoms with Gasteiger partial charge >= 0.3 is 0 Å². The van der Waals surface area contributed by atoms with Crippen molar-refractivity contribution in [1.29, 1.82) is 0 Å². The van der Waals surface area contributed by atoms with Crippen LogP contribution in [-0.4, -0.2) is 0 Å². The predicted octanol–water partition coefficient (Wildman–Crippen LogP) is 2.52. The summed E-state index contributed by atoms with van der Waals surface area (Å²) in [5, 5.41) is 1.18. The highest BCUT2D eigenvalue weighted by Gasteiger charge is 2.11. The maximum Gasteiger partial charge on any atom is 0.261 e. The van der Waals surface area contributed by atoms with E-state index in [0.29, 0.717) is 0 Å². The number of hydrogen-bond donors (Lipinski definition) is 0. The highest BCUT2D eigenvalue weighted by atomic mass is 16.5. The molecule has 0 bridgehead atoms. The van der Waals surface area contributed by atoms with E-state index in [1.807, 2.05) is 23.1 Å². The van der Waals surface area contributed by atoms with E-state index in [1.165, 1.54) is 23.7 Å². The lowest BCUT2D eigenvalue weighted by atomic mass is 10.2. The lowest BCUT2D eigenvalue weighted by molar-refractivity contribution is -0.844. The van der Waals surface area contributed by atoms with Gasteiger partial charge in [0.2, 0.25) is 0 Å². The summed E-state index contributed by atoms with van der Waals surface area (Å²) >= 11 is 0. The Labute approximate surface area is 77.7 Å². The van der Waals surface area contributed by atoms with Gasteiger partial charge in [-0.1, -0.05) is 19.1 Å². The molecule has 68 valence electrons. The number of rotatable bonds is 3. The number of hydrogen-bond acceptors (Lipinski definition) is 1. The summed E-state index contributed by atoms with van der Waals surface area (Å²) in [5.74, 6) is 0. The number of aryl methyl sites for hydroxylation is 1. The molecule has 0 N–H and O–H groups in total. The number of unbranched alkanes of at least 4 members (excludes halogenated alkanes) is 1. The summed E-state index contributed by atoms with van der Waals surface area (Å²) in [6.07, 6.45) is 4.18. The molecule has 13 heavy (non-hydrogen) atoms. The number of para-hydroxylation sites is 1. The SMILES string of the molecule is CCCC[n+]1occ2ccccc21. The summed E-state index contributed by atoms with van der Waals surface area (Å²) in [6.45, 7) is 3.16. The Morgan fingerprint density at radius 1 is 1.31 bits per heavy atom. The van der Waals surface area contributed by atoms with Gasteiger partial charge in [-0.15, -0.1) is 0 Å². The van der Waals surface area contributed by atoms with Crippen LogP contribution in [0.25, 0.3) is 10.9 Å². The highest BCUT2D eigenvalue weighted by molar-refractivity contribution is 5.73. The van der Waals surface area contributed by atoms with Gasteiger partial charge in [0, 0.05) is 12.5 Å². The van der Waals surface area contributed by atoms with E-state index in [9.17, 15) is 0 Å². The van der Waals surface area contributed by atoms with Crippen LogP contribution in [-0.2, 0) is 6.54 Å². The molecule has 0 radical (unpaired) electrons. The highest BCUT2D eigenvalue weighted by Crippen LogP contribution is 2.09. The van der Waals surface area contributed by atoms with E-state index >= 15 is 0 Å². The Kier molecular flexibility index (Phi) is 2.30. The Balaban J connectivity index is 2.35. The molecule has 2 rings (SSSR count). The number of benzene rings is 1. The van der Waals surface area contributed by atoms with Crippen molar-refractivity contribution in [2.45, 2.75) is 26.3 Å². The summed E-state index contributed by atoms with van der Waals surface area (Å²) in [5.41, 5.74) is 1.19. The predicted molar refractivity (Wildman–Crippen MR) is 51.3 cm³/mol. The molecular formula is C11H14NO+. The largest absolute Gasteiger partial charge is 0.261 e. The first-order valence-corrected chi connectivity index (χ1v) is 4.78. The van der Waals surface area contributed by atoms with Crippen LogP contribution in [0.15, 0.2) is 35.1 Å². The minimum atomic E-state index is 0.976. The molecule has 0 aliphatic carbocycles. The third kappa shape index (κ3) is 1.57. The second kappa shape index (κ2) is 3.60. The van der Waals surface area contributed by atoms with Crippen LogP contribution < -0.4 is 4.74 Å². The Morgan fingerprint density at radius 3 is 3.00 bits per heavy atom. The fourth-order valence-electron chi connectivity index (χ4n) is 1.47. The van der Waals surface area contributed by atoms with Gasteiger partial charge in [-0.3, -0.25) is 0 Å².